The summed E-state index contributed by atoms with van der Waals surface area (Å²) in [4.78, 5) is 47.8. The van der Waals surface area contributed by atoms with Crippen LogP contribution in [0.2, 0.25) is 10.0 Å². The Morgan fingerprint density at radius 1 is 0.978 bits per heavy atom. The molecule has 0 radical (unpaired) electrons. The Kier molecular flexibility index (Phi) is 8.43. The van der Waals surface area contributed by atoms with Gasteiger partial charge in [0.2, 0.25) is 21.8 Å². The molecule has 240 valence electrons. The lowest BCUT2D eigenvalue weighted by atomic mass is 9.85. The van der Waals surface area contributed by atoms with Gasteiger partial charge in [0, 0.05) is 35.6 Å². The minimum atomic E-state index is -4.08. The van der Waals surface area contributed by atoms with Crippen molar-refractivity contribution in [3.05, 3.63) is 64.3 Å². The Balaban J connectivity index is 1.16. The van der Waals surface area contributed by atoms with Crippen molar-refractivity contribution in [2.45, 2.75) is 75.5 Å². The van der Waals surface area contributed by atoms with Gasteiger partial charge in [-0.1, -0.05) is 68.6 Å². The highest BCUT2D eigenvalue weighted by atomic mass is 35.5. The molecule has 3 aliphatic heterocycles. The molecule has 10 nitrogen and oxygen atoms in total. The molecule has 3 aliphatic rings. The second-order valence-electron chi connectivity index (χ2n) is 13.3. The molecule has 3 aromatic rings. The summed E-state index contributed by atoms with van der Waals surface area (Å²) in [6.45, 7) is 6.58. The van der Waals surface area contributed by atoms with Crippen LogP contribution < -0.4 is 5.32 Å². The molecular weight excluding hydrogens is 637 g/mol. The summed E-state index contributed by atoms with van der Waals surface area (Å²) in [5.41, 5.74) is 0.640. The van der Waals surface area contributed by atoms with Crippen molar-refractivity contribution in [1.82, 2.24) is 24.4 Å². The molecule has 4 atom stereocenters. The zero-order valence-electron chi connectivity index (χ0n) is 25.4. The lowest BCUT2D eigenvalue weighted by Crippen LogP contribution is -2.61. The molecule has 0 saturated carbocycles. The van der Waals surface area contributed by atoms with Crippen LogP contribution in [0.25, 0.3) is 10.9 Å². The number of carbonyl (C=O) groups is 3. The number of nitrogens with one attached hydrogen (secondary N) is 2. The van der Waals surface area contributed by atoms with E-state index in [4.69, 9.17) is 23.2 Å². The van der Waals surface area contributed by atoms with Gasteiger partial charge in [0.15, 0.2) is 0 Å². The Labute approximate surface area is 273 Å². The lowest BCUT2D eigenvalue weighted by Gasteiger charge is -2.41. The number of likely N-dealkylation sites (tertiary alicyclic amines) is 2. The normalized spacial score (nSPS) is 23.0. The lowest BCUT2D eigenvalue weighted by molar-refractivity contribution is -0.144. The van der Waals surface area contributed by atoms with Crippen molar-refractivity contribution in [2.24, 2.45) is 5.41 Å². The smallest absolute Gasteiger partial charge is 0.268 e. The third-order valence-corrected chi connectivity index (χ3v) is 11.8. The number of hydrogen-bond donors (Lipinski definition) is 2. The average molecular weight is 675 g/mol. The minimum absolute atomic E-state index is 0.0515. The SMILES string of the molecule is CC(C)(C)[C@H](NC(=O)c1cc2ccccc2[nH]1)C(=O)N1C[C@@H]2C[C@H]1CN2C(=O)C1CCCCN1S(=O)(=O)c1cc(Cl)ccc1Cl. The summed E-state index contributed by atoms with van der Waals surface area (Å²) < 4.78 is 28.7. The summed E-state index contributed by atoms with van der Waals surface area (Å²) in [6, 6.07) is 11.5. The molecule has 2 aromatic carbocycles. The van der Waals surface area contributed by atoms with Gasteiger partial charge in [-0.25, -0.2) is 8.42 Å². The maximum Gasteiger partial charge on any atom is 0.268 e. The van der Waals surface area contributed by atoms with E-state index >= 15 is 0 Å². The monoisotopic (exact) mass is 673 g/mol. The number of nitrogens with zero attached hydrogens (tertiary/aromatic N) is 3. The molecule has 1 aromatic heterocycles. The number of hydrogen-bond acceptors (Lipinski definition) is 5. The number of amides is 3. The number of piperidine rings is 1. The van der Waals surface area contributed by atoms with Gasteiger partial charge in [-0.3, -0.25) is 14.4 Å². The second kappa shape index (κ2) is 11.9. The fourth-order valence-corrected chi connectivity index (χ4v) is 9.25. The van der Waals surface area contributed by atoms with E-state index in [0.717, 1.165) is 17.3 Å². The van der Waals surface area contributed by atoms with Crippen LogP contribution in [-0.4, -0.2) is 89.0 Å². The second-order valence-corrected chi connectivity index (χ2v) is 16.0. The van der Waals surface area contributed by atoms with E-state index in [1.807, 2.05) is 45.0 Å². The number of H-pyrrole nitrogens is 1. The van der Waals surface area contributed by atoms with E-state index in [2.05, 4.69) is 10.3 Å². The van der Waals surface area contributed by atoms with E-state index in [9.17, 15) is 22.8 Å². The van der Waals surface area contributed by atoms with Crippen molar-refractivity contribution in [2.75, 3.05) is 19.6 Å². The van der Waals surface area contributed by atoms with Crippen molar-refractivity contribution in [1.29, 1.82) is 0 Å². The van der Waals surface area contributed by atoms with Crippen molar-refractivity contribution in [3.63, 3.8) is 0 Å². The van der Waals surface area contributed by atoms with Gasteiger partial charge in [0.1, 0.15) is 22.7 Å². The Morgan fingerprint density at radius 3 is 2.38 bits per heavy atom. The van der Waals surface area contributed by atoms with E-state index in [0.29, 0.717) is 38.0 Å². The van der Waals surface area contributed by atoms with Crippen molar-refractivity contribution in [3.8, 4) is 0 Å². The highest BCUT2D eigenvalue weighted by molar-refractivity contribution is 7.89. The Hall–Kier alpha value is -3.12. The number of para-hydroxylation sites is 1. The topological polar surface area (TPSA) is 123 Å². The van der Waals surface area contributed by atoms with Crippen LogP contribution >= 0.6 is 23.2 Å². The average Bonchev–Trinajstić information content (AvgIpc) is 3.74. The number of rotatable bonds is 6. The highest BCUT2D eigenvalue weighted by Gasteiger charge is 2.52. The third-order valence-electron chi connectivity index (χ3n) is 9.19. The van der Waals surface area contributed by atoms with E-state index < -0.39 is 27.5 Å². The first-order chi connectivity index (χ1) is 21.3. The number of carbonyl (C=O) groups excluding carboxylic acids is 3. The Morgan fingerprint density at radius 2 is 1.69 bits per heavy atom. The zero-order chi connectivity index (χ0) is 32.3. The quantitative estimate of drug-likeness (QED) is 0.394. The van der Waals surface area contributed by atoms with E-state index in [-0.39, 0.29) is 51.3 Å². The standard InChI is InChI=1S/C32H37Cl2N5O5S/c1-32(2,3)28(36-29(40)25-14-19-8-4-5-9-24(19)35-25)31(42)38-18-21-16-22(38)17-37(21)30(41)26-10-6-7-13-39(26)45(43,44)27-15-20(33)11-12-23(27)34/h4-5,8-9,11-12,14-15,21-22,26,28,35H,6-7,10,13,16-18H2,1-3H3,(H,36,40)/t21-,22-,26?,28+/m0/s1. The number of piperazine rings is 1. The number of benzene rings is 2. The van der Waals surface area contributed by atoms with Gasteiger partial charge in [-0.2, -0.15) is 4.31 Å². The van der Waals surface area contributed by atoms with Gasteiger partial charge >= 0.3 is 0 Å². The molecule has 13 heteroatoms. The molecule has 0 spiro atoms. The molecule has 2 N–H and O–H groups in total. The van der Waals surface area contributed by atoms with Gasteiger partial charge in [0.05, 0.1) is 17.1 Å². The van der Waals surface area contributed by atoms with Crippen LogP contribution in [0.5, 0.6) is 0 Å². The maximum atomic E-state index is 14.0. The van der Waals surface area contributed by atoms with Gasteiger partial charge in [-0.05, 0) is 55.0 Å². The van der Waals surface area contributed by atoms with Crippen LogP contribution in [0.3, 0.4) is 0 Å². The van der Waals surface area contributed by atoms with E-state index in [1.54, 1.807) is 15.9 Å². The summed E-state index contributed by atoms with van der Waals surface area (Å²) in [5, 5.41) is 4.17. The van der Waals surface area contributed by atoms with Gasteiger partial charge in [0.25, 0.3) is 5.91 Å². The number of aromatic amines is 1. The van der Waals surface area contributed by atoms with Crippen molar-refractivity contribution >= 4 is 61.8 Å². The van der Waals surface area contributed by atoms with Crippen LogP contribution in [0.1, 0.15) is 56.9 Å². The fourth-order valence-electron chi connectivity index (χ4n) is 6.86. The molecule has 3 saturated heterocycles. The number of sulfonamides is 1. The molecule has 6 rings (SSSR count). The summed E-state index contributed by atoms with van der Waals surface area (Å²) >= 11 is 12.4. The predicted octanol–water partition coefficient (Wildman–Crippen LogP) is 4.67. The molecular formula is C32H37Cl2N5O5S. The summed E-state index contributed by atoms with van der Waals surface area (Å²) in [7, 11) is -4.08. The number of fused-ring (bicyclic) bond motifs is 3. The fraction of sp³-hybridized carbons (Fsp3) is 0.469. The number of aromatic nitrogens is 1. The minimum Gasteiger partial charge on any atom is -0.351 e. The third kappa shape index (κ3) is 5.95. The molecule has 4 heterocycles. The largest absolute Gasteiger partial charge is 0.351 e. The first-order valence-corrected chi connectivity index (χ1v) is 17.4. The van der Waals surface area contributed by atoms with Crippen LogP contribution in [-0.2, 0) is 19.6 Å². The van der Waals surface area contributed by atoms with Crippen LogP contribution in [0, 0.1) is 5.41 Å². The van der Waals surface area contributed by atoms with E-state index in [1.165, 1.54) is 22.5 Å². The first kappa shape index (κ1) is 31.8. The Bertz CT molecular complexity index is 1740. The van der Waals surface area contributed by atoms with Crippen LogP contribution in [0.4, 0.5) is 0 Å². The zero-order valence-corrected chi connectivity index (χ0v) is 27.8. The van der Waals surface area contributed by atoms with Crippen LogP contribution in [0.15, 0.2) is 53.4 Å². The first-order valence-electron chi connectivity index (χ1n) is 15.2. The molecule has 45 heavy (non-hydrogen) atoms. The van der Waals surface area contributed by atoms with Gasteiger partial charge in [-0.15, -0.1) is 0 Å². The maximum absolute atomic E-state index is 14.0. The molecule has 2 bridgehead atoms. The molecule has 0 aliphatic carbocycles. The summed E-state index contributed by atoms with van der Waals surface area (Å²) in [6.07, 6.45) is 2.36. The summed E-state index contributed by atoms with van der Waals surface area (Å²) in [5.74, 6) is -0.807. The van der Waals surface area contributed by atoms with Crippen molar-refractivity contribution < 1.29 is 22.8 Å². The molecule has 3 amide bonds. The molecule has 3 fully saturated rings. The highest BCUT2D eigenvalue weighted by Crippen LogP contribution is 2.37. The van der Waals surface area contributed by atoms with Gasteiger partial charge < -0.3 is 20.1 Å². The predicted molar refractivity (Wildman–Crippen MR) is 173 cm³/mol. The number of halogens is 2. The molecule has 1 unspecified atom stereocenters.